The Balaban J connectivity index is 0.975. The summed E-state index contributed by atoms with van der Waals surface area (Å²) in [6.45, 7) is 8.15. The third kappa shape index (κ3) is 3.66. The fourth-order valence-electron chi connectivity index (χ4n) is 6.87. The summed E-state index contributed by atoms with van der Waals surface area (Å²) in [5, 5.41) is 26.9. The number of phenolic OH excluding ortho intramolecular Hbond substituents is 1. The van der Waals surface area contributed by atoms with Crippen molar-refractivity contribution in [2.24, 2.45) is 11.8 Å². The number of hydrogen-bond donors (Lipinski definition) is 2. The molecule has 3 aliphatic heterocycles. The van der Waals surface area contributed by atoms with Crippen LogP contribution in [0.3, 0.4) is 0 Å². The molecule has 1 spiro atoms. The number of amides is 1. The molecular weight excluding hydrogens is 480 g/mol. The van der Waals surface area contributed by atoms with E-state index in [1.807, 2.05) is 18.2 Å². The molecule has 9 nitrogen and oxygen atoms in total. The van der Waals surface area contributed by atoms with Crippen molar-refractivity contribution in [1.29, 1.82) is 0 Å². The third-order valence-corrected chi connectivity index (χ3v) is 9.37. The van der Waals surface area contributed by atoms with Gasteiger partial charge in [-0.05, 0) is 49.8 Å². The van der Waals surface area contributed by atoms with Gasteiger partial charge in [0.2, 0.25) is 5.91 Å². The van der Waals surface area contributed by atoms with E-state index >= 15 is 0 Å². The Kier molecular flexibility index (Phi) is 5.22. The number of benzene rings is 1. The van der Waals surface area contributed by atoms with Crippen molar-refractivity contribution < 1.29 is 14.4 Å². The molecule has 198 valence electrons. The van der Waals surface area contributed by atoms with Gasteiger partial charge in [-0.1, -0.05) is 38.1 Å². The molecule has 2 aromatic heterocycles. The number of likely N-dealkylation sites (tertiary alicyclic amines) is 1. The van der Waals surface area contributed by atoms with Gasteiger partial charge in [-0.25, -0.2) is 0 Å². The number of carbonyl (C=O) groups is 1. The van der Waals surface area contributed by atoms with Gasteiger partial charge in [-0.15, -0.1) is 10.2 Å². The fraction of sp³-hybridized carbons (Fsp3) is 0.517. The summed E-state index contributed by atoms with van der Waals surface area (Å²) in [6, 6.07) is 11.8. The van der Waals surface area contributed by atoms with Gasteiger partial charge in [0.05, 0.1) is 17.8 Å². The van der Waals surface area contributed by atoms with E-state index in [9.17, 15) is 9.90 Å². The summed E-state index contributed by atoms with van der Waals surface area (Å²) in [4.78, 5) is 18.0. The molecule has 0 unspecified atom stereocenters. The van der Waals surface area contributed by atoms with Gasteiger partial charge in [-0.2, -0.15) is 0 Å². The lowest BCUT2D eigenvalue weighted by atomic mass is 9.66. The van der Waals surface area contributed by atoms with E-state index in [2.05, 4.69) is 57.3 Å². The van der Waals surface area contributed by atoms with Crippen LogP contribution in [0.15, 0.2) is 40.9 Å². The smallest absolute Gasteiger partial charge is 0.226 e. The molecular formula is C29H34N6O3. The fourth-order valence-corrected chi connectivity index (χ4v) is 6.87. The molecule has 2 bridgehead atoms. The summed E-state index contributed by atoms with van der Waals surface area (Å²) < 4.78 is 5.66. The molecule has 38 heavy (non-hydrogen) atoms. The van der Waals surface area contributed by atoms with E-state index in [1.54, 1.807) is 12.1 Å². The zero-order chi connectivity index (χ0) is 26.2. The highest BCUT2D eigenvalue weighted by Crippen LogP contribution is 2.49. The maximum Gasteiger partial charge on any atom is 0.226 e. The van der Waals surface area contributed by atoms with E-state index in [0.29, 0.717) is 29.1 Å². The summed E-state index contributed by atoms with van der Waals surface area (Å²) in [5.41, 5.74) is 2.32. The normalized spacial score (nSPS) is 28.1. The van der Waals surface area contributed by atoms with E-state index in [4.69, 9.17) is 4.52 Å². The summed E-state index contributed by atoms with van der Waals surface area (Å²) >= 11 is 0. The second-order valence-corrected chi connectivity index (χ2v) is 12.1. The van der Waals surface area contributed by atoms with E-state index in [0.717, 1.165) is 61.7 Å². The van der Waals surface area contributed by atoms with Crippen LogP contribution < -0.4 is 10.2 Å². The molecule has 1 aliphatic carbocycles. The van der Waals surface area contributed by atoms with Crippen LogP contribution in [0.1, 0.15) is 57.3 Å². The van der Waals surface area contributed by atoms with Crippen LogP contribution in [0.25, 0.3) is 11.3 Å². The minimum absolute atomic E-state index is 0.0424. The minimum Gasteiger partial charge on any atom is -0.507 e. The van der Waals surface area contributed by atoms with E-state index < -0.39 is 0 Å². The second-order valence-electron chi connectivity index (χ2n) is 12.1. The highest BCUT2D eigenvalue weighted by atomic mass is 16.5. The van der Waals surface area contributed by atoms with Gasteiger partial charge in [0.15, 0.2) is 11.6 Å². The van der Waals surface area contributed by atoms with Gasteiger partial charge < -0.3 is 24.7 Å². The molecule has 7 rings (SSSR count). The SMILES string of the molecule is CC(C)[C@@H](C)c1cc(N2C[C@@H]3C[C@H]2CN3C(=O)[C@H]2C[C@@]3(Cc4cc(-c5ccccc5O)nnc4N3)C2)no1. The van der Waals surface area contributed by atoms with E-state index in [1.165, 1.54) is 0 Å². The Morgan fingerprint density at radius 3 is 2.68 bits per heavy atom. The molecule has 1 saturated carbocycles. The number of aromatic hydroxyl groups is 1. The lowest BCUT2D eigenvalue weighted by molar-refractivity contribution is -0.141. The van der Waals surface area contributed by atoms with Crippen LogP contribution in [-0.4, -0.2) is 62.0 Å². The first-order valence-electron chi connectivity index (χ1n) is 13.8. The lowest BCUT2D eigenvalue weighted by Gasteiger charge is -2.47. The largest absolute Gasteiger partial charge is 0.507 e. The Morgan fingerprint density at radius 1 is 1.13 bits per heavy atom. The zero-order valence-electron chi connectivity index (χ0n) is 22.1. The average molecular weight is 515 g/mol. The molecule has 2 N–H and O–H groups in total. The number of hydrogen-bond acceptors (Lipinski definition) is 8. The highest BCUT2D eigenvalue weighted by molar-refractivity contribution is 5.82. The zero-order valence-corrected chi connectivity index (χ0v) is 22.1. The van der Waals surface area contributed by atoms with Crippen LogP contribution in [0.4, 0.5) is 11.6 Å². The van der Waals surface area contributed by atoms with Crippen LogP contribution >= 0.6 is 0 Å². The number of para-hydroxylation sites is 1. The maximum absolute atomic E-state index is 13.5. The van der Waals surface area contributed by atoms with Crippen molar-refractivity contribution in [3.8, 4) is 17.0 Å². The first-order valence-corrected chi connectivity index (χ1v) is 13.8. The number of fused-ring (bicyclic) bond motifs is 3. The molecule has 2 saturated heterocycles. The van der Waals surface area contributed by atoms with Crippen molar-refractivity contribution in [1.82, 2.24) is 20.3 Å². The average Bonchev–Trinajstić information content (AvgIpc) is 3.68. The Hall–Kier alpha value is -3.62. The second kappa shape index (κ2) is 8.44. The molecule has 4 aliphatic rings. The molecule has 1 amide bonds. The van der Waals surface area contributed by atoms with Crippen LogP contribution in [0.2, 0.25) is 0 Å². The number of nitrogens with zero attached hydrogens (tertiary/aromatic N) is 5. The van der Waals surface area contributed by atoms with Crippen LogP contribution in [-0.2, 0) is 11.2 Å². The summed E-state index contributed by atoms with van der Waals surface area (Å²) in [6.07, 6.45) is 3.45. The summed E-state index contributed by atoms with van der Waals surface area (Å²) in [5.74, 6) is 4.00. The molecule has 3 atom stereocenters. The molecule has 5 heterocycles. The number of aromatic nitrogens is 3. The molecule has 0 radical (unpaired) electrons. The minimum atomic E-state index is -0.121. The van der Waals surface area contributed by atoms with E-state index in [-0.39, 0.29) is 29.2 Å². The number of nitrogens with one attached hydrogen (secondary N) is 1. The number of carbonyl (C=O) groups excluding carboxylic acids is 1. The third-order valence-electron chi connectivity index (χ3n) is 9.37. The first-order chi connectivity index (χ1) is 18.3. The highest BCUT2D eigenvalue weighted by Gasteiger charge is 2.55. The number of piperazine rings is 1. The standard InChI is InChI=1S/C29H34N6O3/c1-16(2)17(3)25-10-26(33-38-25)34-14-21-9-20(34)15-35(21)28(37)19-12-29(13-19)11-18-8-23(31-32-27(18)30-29)22-6-4-5-7-24(22)36/h4-8,10,16-17,19-21,36H,9,11-15H2,1-3H3,(H,30,32)/t17-,19-,20+,21+,29-/m1/s1. The Labute approximate surface area is 222 Å². The van der Waals surface area contributed by atoms with Crippen molar-refractivity contribution in [3.05, 3.63) is 47.7 Å². The number of anilines is 2. The van der Waals surface area contributed by atoms with Gasteiger partial charge in [0.1, 0.15) is 11.5 Å². The molecule has 1 aromatic carbocycles. The predicted molar refractivity (Wildman–Crippen MR) is 143 cm³/mol. The van der Waals surface area contributed by atoms with Gasteiger partial charge in [0.25, 0.3) is 0 Å². The topological polar surface area (TPSA) is 108 Å². The maximum atomic E-state index is 13.5. The first kappa shape index (κ1) is 23.5. The molecule has 3 fully saturated rings. The molecule has 3 aromatic rings. The van der Waals surface area contributed by atoms with Gasteiger partial charge >= 0.3 is 0 Å². The summed E-state index contributed by atoms with van der Waals surface area (Å²) in [7, 11) is 0. The van der Waals surface area contributed by atoms with Crippen molar-refractivity contribution in [2.45, 2.75) is 70.0 Å². The number of phenols is 1. The van der Waals surface area contributed by atoms with Crippen molar-refractivity contribution in [3.63, 3.8) is 0 Å². The quantitative estimate of drug-likeness (QED) is 0.522. The number of rotatable bonds is 5. The molecule has 9 heteroatoms. The van der Waals surface area contributed by atoms with Gasteiger partial charge in [0, 0.05) is 47.7 Å². The van der Waals surface area contributed by atoms with Gasteiger partial charge in [-0.3, -0.25) is 4.79 Å². The Morgan fingerprint density at radius 2 is 1.95 bits per heavy atom. The van der Waals surface area contributed by atoms with Crippen molar-refractivity contribution >= 4 is 17.5 Å². The predicted octanol–water partition coefficient (Wildman–Crippen LogP) is 4.20. The monoisotopic (exact) mass is 514 g/mol. The van der Waals surface area contributed by atoms with Crippen molar-refractivity contribution in [2.75, 3.05) is 23.3 Å². The van der Waals surface area contributed by atoms with Crippen LogP contribution in [0, 0.1) is 11.8 Å². The van der Waals surface area contributed by atoms with Crippen LogP contribution in [0.5, 0.6) is 5.75 Å². The lowest BCUT2D eigenvalue weighted by Crippen LogP contribution is -2.57. The Bertz CT molecular complexity index is 1400.